The van der Waals surface area contributed by atoms with Crippen LogP contribution in [0.2, 0.25) is 0 Å². The Balaban J connectivity index is 1.97. The summed E-state index contributed by atoms with van der Waals surface area (Å²) in [7, 11) is 3.75. The second kappa shape index (κ2) is 10.3. The molecule has 0 aromatic carbocycles. The quantitative estimate of drug-likeness (QED) is 0.508. The SMILES string of the molecule is CCNC(=NCCc1nc(C(C)(C)C)cs1)N(C)Cc1csc(C(C)OC)n1. The molecule has 0 aliphatic heterocycles. The molecule has 1 unspecified atom stereocenters. The lowest BCUT2D eigenvalue weighted by atomic mass is 9.93. The number of aromatic nitrogens is 2. The summed E-state index contributed by atoms with van der Waals surface area (Å²) in [5, 5.41) is 9.77. The molecule has 0 aliphatic rings. The van der Waals surface area contributed by atoms with Gasteiger partial charge in [-0.2, -0.15) is 0 Å². The van der Waals surface area contributed by atoms with E-state index in [2.05, 4.69) is 53.7 Å². The van der Waals surface area contributed by atoms with Gasteiger partial charge in [0, 0.05) is 49.8 Å². The summed E-state index contributed by atoms with van der Waals surface area (Å²) in [6.07, 6.45) is 0.887. The highest BCUT2D eigenvalue weighted by Crippen LogP contribution is 2.24. The molecule has 6 nitrogen and oxygen atoms in total. The number of hydrogen-bond donors (Lipinski definition) is 1. The zero-order valence-corrected chi connectivity index (χ0v) is 19.7. The Bertz CT molecular complexity index is 763. The number of nitrogens with one attached hydrogen (secondary N) is 1. The van der Waals surface area contributed by atoms with Crippen LogP contribution in [0.4, 0.5) is 0 Å². The van der Waals surface area contributed by atoms with E-state index in [1.807, 2.05) is 14.0 Å². The smallest absolute Gasteiger partial charge is 0.194 e. The zero-order valence-electron chi connectivity index (χ0n) is 18.1. The highest BCUT2D eigenvalue weighted by atomic mass is 32.1. The van der Waals surface area contributed by atoms with Crippen LogP contribution in [0, 0.1) is 0 Å². The topological polar surface area (TPSA) is 62.6 Å². The molecule has 28 heavy (non-hydrogen) atoms. The fraction of sp³-hybridized carbons (Fsp3) is 0.650. The van der Waals surface area contributed by atoms with Crippen molar-refractivity contribution in [1.82, 2.24) is 20.2 Å². The summed E-state index contributed by atoms with van der Waals surface area (Å²) in [5.74, 6) is 0.893. The van der Waals surface area contributed by atoms with E-state index in [1.165, 1.54) is 0 Å². The molecule has 0 amide bonds. The average molecular weight is 424 g/mol. The number of methoxy groups -OCH3 is 1. The van der Waals surface area contributed by atoms with Gasteiger partial charge in [-0.3, -0.25) is 4.99 Å². The van der Waals surface area contributed by atoms with Gasteiger partial charge in [0.25, 0.3) is 0 Å². The van der Waals surface area contributed by atoms with Gasteiger partial charge in [0.05, 0.1) is 22.9 Å². The van der Waals surface area contributed by atoms with E-state index in [9.17, 15) is 0 Å². The van der Waals surface area contributed by atoms with Crippen LogP contribution in [0.1, 0.15) is 62.1 Å². The maximum Gasteiger partial charge on any atom is 0.194 e. The largest absolute Gasteiger partial charge is 0.375 e. The molecule has 1 atom stereocenters. The Hall–Kier alpha value is -1.51. The number of nitrogens with zero attached hydrogens (tertiary/aromatic N) is 4. The monoisotopic (exact) mass is 423 g/mol. The third-order valence-corrected chi connectivity index (χ3v) is 6.24. The normalized spacial score (nSPS) is 13.6. The molecule has 2 rings (SSSR count). The van der Waals surface area contributed by atoms with Crippen molar-refractivity contribution in [2.75, 3.05) is 27.2 Å². The molecule has 156 valence electrons. The van der Waals surface area contributed by atoms with Crippen molar-refractivity contribution in [3.8, 4) is 0 Å². The second-order valence-corrected chi connectivity index (χ2v) is 9.61. The molecule has 0 aliphatic carbocycles. The molecule has 0 bridgehead atoms. The summed E-state index contributed by atoms with van der Waals surface area (Å²) in [6.45, 7) is 12.9. The van der Waals surface area contributed by atoms with Crippen LogP contribution in [0.25, 0.3) is 0 Å². The van der Waals surface area contributed by atoms with Gasteiger partial charge in [-0.1, -0.05) is 20.8 Å². The van der Waals surface area contributed by atoms with Crippen molar-refractivity contribution in [1.29, 1.82) is 0 Å². The van der Waals surface area contributed by atoms with Gasteiger partial charge in [0.2, 0.25) is 0 Å². The standard InChI is InChI=1S/C20H33N5OS2/c1-8-21-19(22-10-9-17-24-16(13-27-17)20(3,4)5)25(6)11-15-12-28-18(23-15)14(2)26-7/h12-14H,8-11H2,1-7H3,(H,21,22). The highest BCUT2D eigenvalue weighted by Gasteiger charge is 2.17. The van der Waals surface area contributed by atoms with E-state index in [1.54, 1.807) is 29.8 Å². The summed E-state index contributed by atoms with van der Waals surface area (Å²) in [4.78, 5) is 16.3. The molecule has 2 aromatic rings. The molecule has 1 N–H and O–H groups in total. The molecule has 8 heteroatoms. The number of aliphatic imine (C=N–C) groups is 1. The summed E-state index contributed by atoms with van der Waals surface area (Å²) < 4.78 is 5.35. The highest BCUT2D eigenvalue weighted by molar-refractivity contribution is 7.10. The zero-order chi connectivity index (χ0) is 20.7. The van der Waals surface area contributed by atoms with Crippen LogP contribution in [-0.2, 0) is 23.1 Å². The molecular weight excluding hydrogens is 390 g/mol. The molecule has 0 fully saturated rings. The first-order valence-corrected chi connectivity index (χ1v) is 11.4. The number of thiazole rings is 2. The Morgan fingerprint density at radius 1 is 1.29 bits per heavy atom. The van der Waals surface area contributed by atoms with E-state index >= 15 is 0 Å². The van der Waals surface area contributed by atoms with Gasteiger partial charge in [-0.15, -0.1) is 22.7 Å². The van der Waals surface area contributed by atoms with Crippen molar-refractivity contribution < 1.29 is 4.74 Å². The van der Waals surface area contributed by atoms with Crippen LogP contribution < -0.4 is 5.32 Å². The average Bonchev–Trinajstić information content (AvgIpc) is 3.29. The van der Waals surface area contributed by atoms with E-state index in [0.29, 0.717) is 13.1 Å². The summed E-state index contributed by atoms with van der Waals surface area (Å²) >= 11 is 3.36. The van der Waals surface area contributed by atoms with Crippen molar-refractivity contribution in [3.63, 3.8) is 0 Å². The predicted molar refractivity (Wildman–Crippen MR) is 120 cm³/mol. The maximum atomic E-state index is 5.35. The second-order valence-electron chi connectivity index (χ2n) is 7.77. The van der Waals surface area contributed by atoms with E-state index in [0.717, 1.165) is 40.3 Å². The minimum absolute atomic E-state index is 0.0299. The maximum absolute atomic E-state index is 5.35. The van der Waals surface area contributed by atoms with Crippen molar-refractivity contribution in [2.45, 2.75) is 59.1 Å². The van der Waals surface area contributed by atoms with E-state index < -0.39 is 0 Å². The molecule has 2 heterocycles. The first-order chi connectivity index (χ1) is 13.2. The van der Waals surface area contributed by atoms with Crippen molar-refractivity contribution in [3.05, 3.63) is 32.2 Å². The molecule has 0 radical (unpaired) electrons. The molecule has 0 saturated carbocycles. The van der Waals surface area contributed by atoms with Crippen molar-refractivity contribution >= 4 is 28.6 Å². The van der Waals surface area contributed by atoms with Gasteiger partial charge in [-0.05, 0) is 13.8 Å². The number of guanidine groups is 1. The lowest BCUT2D eigenvalue weighted by Gasteiger charge is -2.21. The molecule has 0 saturated heterocycles. The predicted octanol–water partition coefficient (Wildman–Crippen LogP) is 4.24. The van der Waals surface area contributed by atoms with Crippen LogP contribution in [0.3, 0.4) is 0 Å². The Morgan fingerprint density at radius 2 is 2.04 bits per heavy atom. The minimum atomic E-state index is 0.0299. The van der Waals surface area contributed by atoms with E-state index in [4.69, 9.17) is 14.7 Å². The van der Waals surface area contributed by atoms with Gasteiger partial charge >= 0.3 is 0 Å². The van der Waals surface area contributed by atoms with Gasteiger partial charge in [-0.25, -0.2) is 9.97 Å². The fourth-order valence-electron chi connectivity index (χ4n) is 2.50. The van der Waals surface area contributed by atoms with E-state index in [-0.39, 0.29) is 11.5 Å². The number of ether oxygens (including phenoxy) is 1. The van der Waals surface area contributed by atoms with Crippen molar-refractivity contribution in [2.24, 2.45) is 4.99 Å². The Kier molecular flexibility index (Phi) is 8.39. The Morgan fingerprint density at radius 3 is 2.64 bits per heavy atom. The van der Waals surface area contributed by atoms with Crippen LogP contribution >= 0.6 is 22.7 Å². The van der Waals surface area contributed by atoms with Crippen LogP contribution in [0.5, 0.6) is 0 Å². The minimum Gasteiger partial charge on any atom is -0.375 e. The van der Waals surface area contributed by atoms with Crippen LogP contribution in [-0.4, -0.2) is 48.1 Å². The van der Waals surface area contributed by atoms with Crippen LogP contribution in [0.15, 0.2) is 15.8 Å². The summed E-state index contributed by atoms with van der Waals surface area (Å²) in [6, 6.07) is 0. The van der Waals surface area contributed by atoms with Gasteiger partial charge in [0.15, 0.2) is 5.96 Å². The molecule has 2 aromatic heterocycles. The lowest BCUT2D eigenvalue weighted by Crippen LogP contribution is -2.38. The molecular formula is C20H33N5OS2. The first-order valence-electron chi connectivity index (χ1n) is 9.66. The van der Waals surface area contributed by atoms with Gasteiger partial charge < -0.3 is 15.0 Å². The first kappa shape index (κ1) is 22.8. The molecule has 0 spiro atoms. The Labute approximate surface area is 177 Å². The van der Waals surface area contributed by atoms with Gasteiger partial charge in [0.1, 0.15) is 11.1 Å². The summed E-state index contributed by atoms with van der Waals surface area (Å²) in [5.41, 5.74) is 2.29. The number of hydrogen-bond acceptors (Lipinski definition) is 6. The fourth-order valence-corrected chi connectivity index (χ4v) is 4.35. The third-order valence-electron chi connectivity index (χ3n) is 4.27. The number of rotatable bonds is 8. The lowest BCUT2D eigenvalue weighted by molar-refractivity contribution is 0.119. The third kappa shape index (κ3) is 6.53.